The molecular formula is C9H14N4. The zero-order valence-electron chi connectivity index (χ0n) is 7.77. The minimum atomic E-state index is 0.358. The summed E-state index contributed by atoms with van der Waals surface area (Å²) in [6, 6.07) is 2.59. The highest BCUT2D eigenvalue weighted by molar-refractivity contribution is 5.43. The van der Waals surface area contributed by atoms with Crippen molar-refractivity contribution in [2.45, 2.75) is 25.8 Å². The zero-order valence-corrected chi connectivity index (χ0v) is 7.77. The Morgan fingerprint density at radius 3 is 2.92 bits per heavy atom. The molecule has 1 aliphatic rings. The summed E-state index contributed by atoms with van der Waals surface area (Å²) in [4.78, 5) is 10.4. The fourth-order valence-corrected chi connectivity index (χ4v) is 1.52. The van der Waals surface area contributed by atoms with Crippen LogP contribution in [0.2, 0.25) is 0 Å². The van der Waals surface area contributed by atoms with Gasteiger partial charge in [0.2, 0.25) is 5.95 Å². The molecule has 1 heterocycles. The van der Waals surface area contributed by atoms with E-state index in [0.717, 1.165) is 12.4 Å². The van der Waals surface area contributed by atoms with E-state index in [1.54, 1.807) is 6.20 Å². The zero-order chi connectivity index (χ0) is 9.26. The fraction of sp³-hybridized carbons (Fsp3) is 0.556. The Bertz CT molecular complexity index is 295. The number of aromatic nitrogens is 2. The molecule has 0 aliphatic heterocycles. The number of nitrogen functional groups attached to an aromatic ring is 1. The molecule has 70 valence electrons. The van der Waals surface area contributed by atoms with E-state index < -0.39 is 0 Å². The van der Waals surface area contributed by atoms with E-state index in [9.17, 15) is 0 Å². The lowest BCUT2D eigenvalue weighted by molar-refractivity contribution is 0.806. The van der Waals surface area contributed by atoms with E-state index in [2.05, 4.69) is 21.8 Å². The molecule has 1 aliphatic carbocycles. The molecule has 2 N–H and O–H groups in total. The van der Waals surface area contributed by atoms with E-state index in [4.69, 9.17) is 5.73 Å². The average molecular weight is 178 g/mol. The number of anilines is 2. The molecule has 0 atom stereocenters. The Labute approximate surface area is 77.8 Å². The number of hydrogen-bond acceptors (Lipinski definition) is 4. The van der Waals surface area contributed by atoms with Gasteiger partial charge in [0.15, 0.2) is 0 Å². The fourth-order valence-electron chi connectivity index (χ4n) is 1.52. The molecule has 1 aromatic rings. The molecule has 0 spiro atoms. The third kappa shape index (κ3) is 1.71. The molecule has 0 aromatic carbocycles. The standard InChI is InChI=1S/C9H14N4/c1-2-13(7-3-4-7)8-5-6-11-9(10)12-8/h5-7H,2-4H2,1H3,(H2,10,11,12). The molecular weight excluding hydrogens is 164 g/mol. The van der Waals surface area contributed by atoms with Crippen molar-refractivity contribution in [3.05, 3.63) is 12.3 Å². The Balaban J connectivity index is 2.21. The molecule has 13 heavy (non-hydrogen) atoms. The molecule has 4 nitrogen and oxygen atoms in total. The van der Waals surface area contributed by atoms with Crippen LogP contribution in [0, 0.1) is 0 Å². The average Bonchev–Trinajstić information content (AvgIpc) is 2.90. The topological polar surface area (TPSA) is 55.0 Å². The lowest BCUT2D eigenvalue weighted by atomic mass is 10.4. The second kappa shape index (κ2) is 3.20. The second-order valence-corrected chi connectivity index (χ2v) is 3.29. The van der Waals surface area contributed by atoms with Gasteiger partial charge in [0.1, 0.15) is 5.82 Å². The molecule has 1 saturated carbocycles. The second-order valence-electron chi connectivity index (χ2n) is 3.29. The predicted octanol–water partition coefficient (Wildman–Crippen LogP) is 1.05. The van der Waals surface area contributed by atoms with Crippen LogP contribution in [0.5, 0.6) is 0 Å². The Kier molecular flexibility index (Phi) is 2.04. The third-order valence-corrected chi connectivity index (χ3v) is 2.28. The van der Waals surface area contributed by atoms with E-state index in [1.165, 1.54) is 12.8 Å². The summed E-state index contributed by atoms with van der Waals surface area (Å²) in [7, 11) is 0. The van der Waals surface area contributed by atoms with E-state index in [1.807, 2.05) is 6.07 Å². The van der Waals surface area contributed by atoms with Gasteiger partial charge in [0, 0.05) is 18.8 Å². The monoisotopic (exact) mass is 178 g/mol. The number of nitrogens with two attached hydrogens (primary N) is 1. The molecule has 1 aromatic heterocycles. The van der Waals surface area contributed by atoms with Crippen LogP contribution in [0.15, 0.2) is 12.3 Å². The lowest BCUT2D eigenvalue weighted by Gasteiger charge is -2.20. The van der Waals surface area contributed by atoms with Crippen molar-refractivity contribution in [2.24, 2.45) is 0 Å². The molecule has 0 radical (unpaired) electrons. The van der Waals surface area contributed by atoms with Gasteiger partial charge in [-0.2, -0.15) is 4.98 Å². The SMILES string of the molecule is CCN(c1ccnc(N)n1)C1CC1. The Morgan fingerprint density at radius 1 is 1.62 bits per heavy atom. The van der Waals surface area contributed by atoms with Gasteiger partial charge in [-0.3, -0.25) is 0 Å². The number of hydrogen-bond donors (Lipinski definition) is 1. The molecule has 0 unspecified atom stereocenters. The van der Waals surface area contributed by atoms with Crippen molar-refractivity contribution < 1.29 is 0 Å². The van der Waals surface area contributed by atoms with Crippen molar-refractivity contribution >= 4 is 11.8 Å². The van der Waals surface area contributed by atoms with Gasteiger partial charge < -0.3 is 10.6 Å². The van der Waals surface area contributed by atoms with Gasteiger partial charge in [-0.25, -0.2) is 4.98 Å². The van der Waals surface area contributed by atoms with Crippen LogP contribution in [0.25, 0.3) is 0 Å². The first-order valence-electron chi connectivity index (χ1n) is 4.66. The highest BCUT2D eigenvalue weighted by Gasteiger charge is 2.28. The van der Waals surface area contributed by atoms with Crippen LogP contribution in [-0.4, -0.2) is 22.6 Å². The van der Waals surface area contributed by atoms with Crippen LogP contribution in [0.3, 0.4) is 0 Å². The minimum absolute atomic E-state index is 0.358. The highest BCUT2D eigenvalue weighted by atomic mass is 15.2. The summed E-state index contributed by atoms with van der Waals surface area (Å²) in [6.45, 7) is 3.12. The van der Waals surface area contributed by atoms with Crippen molar-refractivity contribution in [3.8, 4) is 0 Å². The van der Waals surface area contributed by atoms with Crippen LogP contribution in [0.1, 0.15) is 19.8 Å². The number of nitrogens with zero attached hydrogens (tertiary/aromatic N) is 3. The van der Waals surface area contributed by atoms with E-state index in [0.29, 0.717) is 12.0 Å². The van der Waals surface area contributed by atoms with Gasteiger partial charge in [-0.15, -0.1) is 0 Å². The molecule has 4 heteroatoms. The van der Waals surface area contributed by atoms with E-state index in [-0.39, 0.29) is 0 Å². The molecule has 0 amide bonds. The first-order valence-corrected chi connectivity index (χ1v) is 4.66. The maximum absolute atomic E-state index is 5.52. The van der Waals surface area contributed by atoms with Crippen molar-refractivity contribution in [2.75, 3.05) is 17.2 Å². The quantitative estimate of drug-likeness (QED) is 0.751. The summed E-state index contributed by atoms with van der Waals surface area (Å²) in [5.74, 6) is 1.31. The Hall–Kier alpha value is -1.32. The predicted molar refractivity (Wildman–Crippen MR) is 52.5 cm³/mol. The molecule has 1 fully saturated rings. The normalized spacial score (nSPS) is 15.8. The summed E-state index contributed by atoms with van der Waals surface area (Å²) >= 11 is 0. The third-order valence-electron chi connectivity index (χ3n) is 2.28. The van der Waals surface area contributed by atoms with Crippen molar-refractivity contribution in [1.29, 1.82) is 0 Å². The molecule has 2 rings (SSSR count). The Morgan fingerprint density at radius 2 is 2.38 bits per heavy atom. The summed E-state index contributed by atoms with van der Waals surface area (Å²) in [5.41, 5.74) is 5.52. The van der Waals surface area contributed by atoms with Crippen LogP contribution in [0.4, 0.5) is 11.8 Å². The largest absolute Gasteiger partial charge is 0.368 e. The van der Waals surface area contributed by atoms with Crippen LogP contribution in [-0.2, 0) is 0 Å². The maximum Gasteiger partial charge on any atom is 0.221 e. The van der Waals surface area contributed by atoms with Gasteiger partial charge in [0.05, 0.1) is 0 Å². The smallest absolute Gasteiger partial charge is 0.221 e. The van der Waals surface area contributed by atoms with Gasteiger partial charge in [-0.05, 0) is 25.8 Å². The van der Waals surface area contributed by atoms with Crippen LogP contribution >= 0.6 is 0 Å². The van der Waals surface area contributed by atoms with E-state index >= 15 is 0 Å². The lowest BCUT2D eigenvalue weighted by Crippen LogP contribution is -2.26. The van der Waals surface area contributed by atoms with Gasteiger partial charge in [-0.1, -0.05) is 0 Å². The summed E-state index contributed by atoms with van der Waals surface area (Å²) < 4.78 is 0. The van der Waals surface area contributed by atoms with Crippen LogP contribution < -0.4 is 10.6 Å². The van der Waals surface area contributed by atoms with Gasteiger partial charge >= 0.3 is 0 Å². The van der Waals surface area contributed by atoms with Crippen molar-refractivity contribution in [3.63, 3.8) is 0 Å². The first kappa shape index (κ1) is 8.29. The summed E-state index contributed by atoms with van der Waals surface area (Å²) in [5, 5.41) is 0. The maximum atomic E-state index is 5.52. The number of rotatable bonds is 3. The van der Waals surface area contributed by atoms with Gasteiger partial charge in [0.25, 0.3) is 0 Å². The molecule has 0 saturated heterocycles. The first-order chi connectivity index (χ1) is 6.31. The van der Waals surface area contributed by atoms with Crippen molar-refractivity contribution in [1.82, 2.24) is 9.97 Å². The molecule has 0 bridgehead atoms. The summed E-state index contributed by atoms with van der Waals surface area (Å²) in [6.07, 6.45) is 4.26. The highest BCUT2D eigenvalue weighted by Crippen LogP contribution is 2.30. The minimum Gasteiger partial charge on any atom is -0.368 e.